The summed E-state index contributed by atoms with van der Waals surface area (Å²) in [5.74, 6) is 0.0904. The molecule has 0 radical (unpaired) electrons. The summed E-state index contributed by atoms with van der Waals surface area (Å²) < 4.78 is 5.35. The Morgan fingerprint density at radius 2 is 2.11 bits per heavy atom. The number of rotatable bonds is 1. The molecule has 1 atom stereocenters. The van der Waals surface area contributed by atoms with Crippen LogP contribution in [-0.2, 0) is 18.0 Å². The number of benzene rings is 1. The van der Waals surface area contributed by atoms with Gasteiger partial charge in [-0.15, -0.1) is 12.4 Å². The Kier molecular flexibility index (Phi) is 3.90. The molecule has 1 saturated heterocycles. The zero-order chi connectivity index (χ0) is 11.8. The lowest BCUT2D eigenvalue weighted by molar-refractivity contribution is 0.0790. The van der Waals surface area contributed by atoms with Crippen molar-refractivity contribution in [1.29, 1.82) is 0 Å². The maximum Gasteiger partial charge on any atom is 0.253 e. The number of carbonyl (C=O) groups excluding carboxylic acids is 1. The van der Waals surface area contributed by atoms with E-state index in [0.717, 1.165) is 24.1 Å². The molecule has 0 saturated carbocycles. The van der Waals surface area contributed by atoms with E-state index in [9.17, 15) is 4.79 Å². The van der Waals surface area contributed by atoms with Crippen molar-refractivity contribution in [2.24, 2.45) is 5.73 Å². The molecule has 1 amide bonds. The predicted molar refractivity (Wildman–Crippen MR) is 70.7 cm³/mol. The van der Waals surface area contributed by atoms with Crippen LogP contribution in [0.4, 0.5) is 0 Å². The summed E-state index contributed by atoms with van der Waals surface area (Å²) in [6, 6.07) is 5.97. The quantitative estimate of drug-likeness (QED) is 0.836. The van der Waals surface area contributed by atoms with Crippen molar-refractivity contribution in [3.05, 3.63) is 34.9 Å². The van der Waals surface area contributed by atoms with Crippen LogP contribution >= 0.6 is 12.4 Å². The second kappa shape index (κ2) is 5.26. The summed E-state index contributed by atoms with van der Waals surface area (Å²) in [5.41, 5.74) is 8.90. The smallest absolute Gasteiger partial charge is 0.253 e. The van der Waals surface area contributed by atoms with Gasteiger partial charge < -0.3 is 15.4 Å². The molecule has 0 aliphatic carbocycles. The molecular formula is C13H17ClN2O2. The van der Waals surface area contributed by atoms with Gasteiger partial charge in [-0.1, -0.05) is 6.07 Å². The number of hydrogen-bond acceptors (Lipinski definition) is 3. The first kappa shape index (κ1) is 13.3. The highest BCUT2D eigenvalue weighted by atomic mass is 35.5. The van der Waals surface area contributed by atoms with Crippen molar-refractivity contribution in [3.8, 4) is 0 Å². The van der Waals surface area contributed by atoms with Crippen LogP contribution < -0.4 is 5.73 Å². The first-order valence-corrected chi connectivity index (χ1v) is 5.98. The van der Waals surface area contributed by atoms with Gasteiger partial charge in [0, 0.05) is 24.7 Å². The minimum Gasteiger partial charge on any atom is -0.372 e. The van der Waals surface area contributed by atoms with Gasteiger partial charge >= 0.3 is 0 Å². The topological polar surface area (TPSA) is 55.6 Å². The molecule has 0 aromatic heterocycles. The number of ether oxygens (including phenoxy) is 1. The van der Waals surface area contributed by atoms with E-state index < -0.39 is 0 Å². The lowest BCUT2D eigenvalue weighted by atomic mass is 10.1. The molecule has 0 bridgehead atoms. The molecule has 2 N–H and O–H groups in total. The molecular weight excluding hydrogens is 252 g/mol. The van der Waals surface area contributed by atoms with Crippen LogP contribution in [0.1, 0.15) is 27.9 Å². The molecule has 1 aromatic rings. The van der Waals surface area contributed by atoms with Crippen molar-refractivity contribution in [1.82, 2.24) is 4.90 Å². The van der Waals surface area contributed by atoms with Crippen molar-refractivity contribution in [2.45, 2.75) is 25.7 Å². The van der Waals surface area contributed by atoms with Gasteiger partial charge in [-0.05, 0) is 29.7 Å². The van der Waals surface area contributed by atoms with Crippen LogP contribution in [0, 0.1) is 0 Å². The average molecular weight is 269 g/mol. The van der Waals surface area contributed by atoms with Crippen molar-refractivity contribution >= 4 is 18.3 Å². The first-order chi connectivity index (χ1) is 8.24. The maximum atomic E-state index is 12.2. The monoisotopic (exact) mass is 268 g/mol. The summed E-state index contributed by atoms with van der Waals surface area (Å²) in [6.45, 7) is 2.73. The largest absolute Gasteiger partial charge is 0.372 e. The number of halogens is 1. The van der Waals surface area contributed by atoms with E-state index in [0.29, 0.717) is 19.8 Å². The first-order valence-electron chi connectivity index (χ1n) is 5.98. The molecule has 4 nitrogen and oxygen atoms in total. The fraction of sp³-hybridized carbons (Fsp3) is 0.462. The number of nitrogens with zero attached hydrogens (tertiary/aromatic N) is 1. The lowest BCUT2D eigenvalue weighted by Gasteiger charge is -2.16. The highest BCUT2D eigenvalue weighted by Crippen LogP contribution is 2.22. The van der Waals surface area contributed by atoms with Crippen molar-refractivity contribution in [2.75, 3.05) is 13.1 Å². The van der Waals surface area contributed by atoms with E-state index >= 15 is 0 Å². The van der Waals surface area contributed by atoms with Crippen LogP contribution in [0.2, 0.25) is 0 Å². The molecule has 2 heterocycles. The number of hydrogen-bond donors (Lipinski definition) is 1. The molecule has 1 fully saturated rings. The number of carbonyl (C=O) groups is 1. The van der Waals surface area contributed by atoms with Gasteiger partial charge in [0.15, 0.2) is 0 Å². The third-order valence-electron chi connectivity index (χ3n) is 3.48. The highest BCUT2D eigenvalue weighted by molar-refractivity contribution is 5.94. The Labute approximate surface area is 113 Å². The highest BCUT2D eigenvalue weighted by Gasteiger charge is 2.25. The van der Waals surface area contributed by atoms with Crippen LogP contribution in [0.5, 0.6) is 0 Å². The molecule has 2 aliphatic rings. The van der Waals surface area contributed by atoms with E-state index in [2.05, 4.69) is 0 Å². The van der Waals surface area contributed by atoms with Gasteiger partial charge in [0.25, 0.3) is 5.91 Å². The predicted octanol–water partition coefficient (Wildman–Crippen LogP) is 1.31. The molecule has 3 rings (SSSR count). The Morgan fingerprint density at radius 3 is 2.83 bits per heavy atom. The fourth-order valence-corrected chi connectivity index (χ4v) is 2.46. The van der Waals surface area contributed by atoms with Crippen molar-refractivity contribution < 1.29 is 9.53 Å². The van der Waals surface area contributed by atoms with Gasteiger partial charge in [0.05, 0.1) is 13.2 Å². The van der Waals surface area contributed by atoms with Crippen LogP contribution in [0.3, 0.4) is 0 Å². The normalized spacial score (nSPS) is 21.6. The van der Waals surface area contributed by atoms with Gasteiger partial charge in [0.1, 0.15) is 0 Å². The number of likely N-dealkylation sites (tertiary alicyclic amines) is 1. The summed E-state index contributed by atoms with van der Waals surface area (Å²) in [7, 11) is 0. The van der Waals surface area contributed by atoms with Crippen molar-refractivity contribution in [3.63, 3.8) is 0 Å². The minimum absolute atomic E-state index is 0. The van der Waals surface area contributed by atoms with Gasteiger partial charge in [-0.2, -0.15) is 0 Å². The molecule has 18 heavy (non-hydrogen) atoms. The lowest BCUT2D eigenvalue weighted by Crippen LogP contribution is -2.31. The summed E-state index contributed by atoms with van der Waals surface area (Å²) in [6.07, 6.45) is 0.903. The molecule has 1 aromatic carbocycles. The number of nitrogens with two attached hydrogens (primary N) is 1. The summed E-state index contributed by atoms with van der Waals surface area (Å²) >= 11 is 0. The van der Waals surface area contributed by atoms with E-state index in [-0.39, 0.29) is 24.4 Å². The van der Waals surface area contributed by atoms with Crippen LogP contribution in [-0.4, -0.2) is 29.9 Å². The Morgan fingerprint density at radius 1 is 1.33 bits per heavy atom. The van der Waals surface area contributed by atoms with E-state index in [1.165, 1.54) is 5.56 Å². The van der Waals surface area contributed by atoms with E-state index in [4.69, 9.17) is 10.5 Å². The number of amides is 1. The van der Waals surface area contributed by atoms with Gasteiger partial charge in [-0.25, -0.2) is 0 Å². The zero-order valence-corrected chi connectivity index (χ0v) is 10.9. The minimum atomic E-state index is 0. The number of fused-ring (bicyclic) bond motifs is 1. The third-order valence-corrected chi connectivity index (χ3v) is 3.48. The Balaban J connectivity index is 0.00000120. The second-order valence-corrected chi connectivity index (χ2v) is 4.78. The Bertz CT molecular complexity index is 464. The van der Waals surface area contributed by atoms with Gasteiger partial charge in [-0.3, -0.25) is 4.79 Å². The molecule has 0 spiro atoms. The summed E-state index contributed by atoms with van der Waals surface area (Å²) in [4.78, 5) is 14.1. The standard InChI is InChI=1S/C13H16N2O2.ClH/c14-12-3-4-15(6-12)13(16)9-1-2-10-7-17-8-11(10)5-9;/h1-2,5,12H,3-4,6-8,14H2;1H/t12-;/m0./s1. The second-order valence-electron chi connectivity index (χ2n) is 4.78. The zero-order valence-electron chi connectivity index (χ0n) is 10.1. The van der Waals surface area contributed by atoms with E-state index in [1.807, 2.05) is 23.1 Å². The van der Waals surface area contributed by atoms with Crippen LogP contribution in [0.15, 0.2) is 18.2 Å². The maximum absolute atomic E-state index is 12.2. The third kappa shape index (κ3) is 2.36. The van der Waals surface area contributed by atoms with E-state index in [1.54, 1.807) is 0 Å². The SMILES string of the molecule is Cl.N[C@H]1CCN(C(=O)c2ccc3c(c2)COC3)C1. The Hall–Kier alpha value is -1.10. The van der Waals surface area contributed by atoms with Crippen LogP contribution in [0.25, 0.3) is 0 Å². The molecule has 0 unspecified atom stereocenters. The molecule has 98 valence electrons. The summed E-state index contributed by atoms with van der Waals surface area (Å²) in [5, 5.41) is 0. The molecule has 2 aliphatic heterocycles. The van der Waals surface area contributed by atoms with Gasteiger partial charge in [0.2, 0.25) is 0 Å². The average Bonchev–Trinajstić information content (AvgIpc) is 2.95. The molecule has 5 heteroatoms. The fourth-order valence-electron chi connectivity index (χ4n) is 2.46.